The molecule has 4 heterocycles. The Morgan fingerprint density at radius 3 is 1.80 bits per heavy atom. The van der Waals surface area contributed by atoms with Crippen molar-refractivity contribution < 1.29 is 178 Å². The van der Waals surface area contributed by atoms with Gasteiger partial charge in [0, 0.05) is 37.3 Å². The second-order valence-electron chi connectivity index (χ2n) is 11.9. The summed E-state index contributed by atoms with van der Waals surface area (Å²) in [6.45, 7) is 0.154. The first-order chi connectivity index (χ1) is 30.7. The maximum Gasteiger partial charge on any atom is 1.00 e. The number of carbonyl (C=O) groups is 3. The summed E-state index contributed by atoms with van der Waals surface area (Å²) in [4.78, 5) is 59.5. The van der Waals surface area contributed by atoms with Gasteiger partial charge in [-0.25, -0.2) is 15.0 Å². The van der Waals surface area contributed by atoms with E-state index in [1.807, 2.05) is 36.2 Å². The van der Waals surface area contributed by atoms with Crippen molar-refractivity contribution in [2.75, 3.05) is 55.2 Å². The molecule has 0 spiro atoms. The number of likely N-dealkylation sites (N-methyl/N-ethyl adjacent to an activating group) is 1. The Balaban J connectivity index is 0.000000861. The van der Waals surface area contributed by atoms with Crippen molar-refractivity contribution >= 4 is 121 Å². The van der Waals surface area contributed by atoms with Crippen molar-refractivity contribution in [1.29, 1.82) is 0 Å². The topological polar surface area (TPSA) is 227 Å². The van der Waals surface area contributed by atoms with Crippen LogP contribution in [0.1, 0.15) is 33.7 Å². The van der Waals surface area contributed by atoms with E-state index in [0.717, 1.165) is 5.56 Å². The average Bonchev–Trinajstić information content (AvgIpc) is 3.30. The van der Waals surface area contributed by atoms with Crippen LogP contribution in [0, 0.1) is 0 Å². The van der Waals surface area contributed by atoms with Crippen LogP contribution >= 0.6 is 85.5 Å². The van der Waals surface area contributed by atoms with E-state index in [4.69, 9.17) is 94.2 Å². The fraction of sp³-hybridized carbons (Fsp3) is 0.175. The molecule has 0 radical (unpaired) electrons. The number of aromatic nitrogens is 6. The molecular weight excluding hydrogens is 1290 g/mol. The van der Waals surface area contributed by atoms with E-state index < -0.39 is 0 Å². The van der Waals surface area contributed by atoms with Crippen molar-refractivity contribution in [2.24, 2.45) is 0 Å². The maximum absolute atomic E-state index is 12.0. The molecule has 0 saturated heterocycles. The monoisotopic (exact) mass is 1320 g/mol. The van der Waals surface area contributed by atoms with Gasteiger partial charge in [-0.05, 0) is 70.7 Å². The number of anilines is 3. The first-order valence-electron chi connectivity index (χ1n) is 17.9. The summed E-state index contributed by atoms with van der Waals surface area (Å²) in [5.41, 5.74) is 1.99. The van der Waals surface area contributed by atoms with Gasteiger partial charge in [-0.15, -0.1) is 0 Å². The molecule has 0 fully saturated rings. The molecule has 0 saturated carbocycles. The van der Waals surface area contributed by atoms with Gasteiger partial charge in [0.05, 0.1) is 40.0 Å². The smallest absolute Gasteiger partial charge is 1.00 e. The third-order valence-corrected chi connectivity index (χ3v) is 10.0. The molecule has 3 N–H and O–H groups in total. The summed E-state index contributed by atoms with van der Waals surface area (Å²) in [6, 6.07) is 21.5. The molecule has 1 atom stereocenters. The van der Waals surface area contributed by atoms with Gasteiger partial charge in [0.1, 0.15) is 6.61 Å². The zero-order chi connectivity index (χ0) is 47.2. The van der Waals surface area contributed by atoms with E-state index in [1.165, 1.54) is 12.4 Å². The molecule has 1 aliphatic rings. The number of ether oxygens (including phenoxy) is 2. The Morgan fingerprint density at radius 1 is 0.803 bits per heavy atom. The molecule has 3 aromatic carbocycles. The first kappa shape index (κ1) is 62.8. The van der Waals surface area contributed by atoms with Crippen LogP contribution < -0.4 is 168 Å². The number of hydrogen-bond donors (Lipinski definition) is 3. The largest absolute Gasteiger partial charge is 1.00 e. The zero-order valence-electron chi connectivity index (χ0n) is 36.5. The van der Waals surface area contributed by atoms with Crippen molar-refractivity contribution in [3.63, 3.8) is 0 Å². The summed E-state index contributed by atoms with van der Waals surface area (Å²) in [5, 5.41) is 25.2. The Morgan fingerprint density at radius 2 is 1.29 bits per heavy atom. The van der Waals surface area contributed by atoms with Crippen molar-refractivity contribution in [2.45, 2.75) is 6.04 Å². The van der Waals surface area contributed by atoms with Gasteiger partial charge in [-0.2, -0.15) is 15.0 Å². The van der Waals surface area contributed by atoms with Gasteiger partial charge in [-0.1, -0.05) is 93.2 Å². The normalized spacial score (nSPS) is 11.6. The molecule has 17 nitrogen and oxygen atoms in total. The van der Waals surface area contributed by atoms with Gasteiger partial charge in [0.2, 0.25) is 21.6 Å². The van der Waals surface area contributed by atoms with Crippen molar-refractivity contribution in [3.8, 4) is 17.2 Å². The predicted octanol–water partition coefficient (Wildman–Crippen LogP) is 2.79. The molecule has 3 aromatic heterocycles. The third kappa shape index (κ3) is 20.6. The number of fused-ring (bicyclic) bond motifs is 1. The Labute approximate surface area is 537 Å². The fourth-order valence-corrected chi connectivity index (χ4v) is 6.45. The molecule has 7 rings (SSSR count). The van der Waals surface area contributed by atoms with Crippen LogP contribution in [-0.2, 0) is 9.68 Å². The molecule has 0 amide bonds. The van der Waals surface area contributed by atoms with E-state index in [1.54, 1.807) is 68.8 Å². The molecular formula is C40H36BrCl6Cs2N9O8. The maximum atomic E-state index is 12.0. The molecule has 0 bridgehead atoms. The minimum Gasteiger partial charge on any atom is -1.00 e. The minimum atomic E-state index is -0.229. The summed E-state index contributed by atoms with van der Waals surface area (Å²) in [5.74, 6) is 2.18. The molecule has 66 heavy (non-hydrogen) atoms. The zero-order valence-corrected chi connectivity index (χ0v) is 54.2. The Kier molecular flexibility index (Phi) is 32.5. The summed E-state index contributed by atoms with van der Waals surface area (Å²) in [6.07, 6.45) is 4.23. The second kappa shape index (κ2) is 34.2. The summed E-state index contributed by atoms with van der Waals surface area (Å²) < 4.78 is 11.1. The number of Topliss-reactive ketones (excluding diaryl/α,β-unsaturated/α-hetero) is 2. The average molecular weight is 1330 g/mol. The number of aromatic hydroxyl groups is 1. The minimum absolute atomic E-state index is 0. The molecule has 6 aromatic rings. The number of carbonyl (C=O) groups excluding carboxylic acids is 3. The fourth-order valence-electron chi connectivity index (χ4n) is 5.01. The van der Waals surface area contributed by atoms with Crippen molar-refractivity contribution in [1.82, 2.24) is 29.9 Å². The number of rotatable bonds is 10. The van der Waals surface area contributed by atoms with E-state index >= 15 is 0 Å². The van der Waals surface area contributed by atoms with Crippen LogP contribution in [0.5, 0.6) is 17.2 Å². The van der Waals surface area contributed by atoms with Crippen LogP contribution in [0.15, 0.2) is 91.4 Å². The third-order valence-electron chi connectivity index (χ3n) is 7.98. The number of nitrogens with zero attached hydrogens (tertiary/aromatic N) is 7. The van der Waals surface area contributed by atoms with Gasteiger partial charge < -0.3 is 41.7 Å². The van der Waals surface area contributed by atoms with Crippen molar-refractivity contribution in [3.05, 3.63) is 139 Å². The van der Waals surface area contributed by atoms with Crippen LogP contribution in [0.4, 0.5) is 17.5 Å². The second-order valence-corrected chi connectivity index (χ2v) is 14.7. The molecule has 1 aliphatic heterocycles. The quantitative estimate of drug-likeness (QED) is 0.0448. The van der Waals surface area contributed by atoms with Gasteiger partial charge in [0.25, 0.3) is 6.47 Å². The van der Waals surface area contributed by atoms with Gasteiger partial charge >= 0.3 is 138 Å². The molecule has 0 aliphatic carbocycles. The Bertz CT molecular complexity index is 2500. The summed E-state index contributed by atoms with van der Waals surface area (Å²) in [7, 11) is 5.25. The first-order valence-corrected chi connectivity index (χ1v) is 21.3. The number of nitrogens with one attached hydrogen (secondary N) is 2. The molecule has 340 valence electrons. The standard InChI is InChI=1S/C13H11Cl2N3O2.C13H11Cl2N3O.C8H6BrClO.C5H6ClN3O.CH2O3.2Cs.H/c1-16-12-11(6-17-13(15)18-12)20-7-10(19)8-4-2-3-5-9(8)14;1-18-10(8-4-2-3-5-9(8)14)7-19-11-6-16-13(15)17-12(11)18;9-5-8(11)6-3-1-2-4-7(6)10;1-7-4-3(10)2-8-5(6)9-4;2-1-4-3;;;/h2-6H,7H2,1H3,(H,16,17,18);2-6,10H,7H2,1H3;1-4H,5H2;2,10H,1H3,(H,7,8,9);1,3H;;;/q;;;;;2*+1;-1/p-1. The van der Waals surface area contributed by atoms with Crippen LogP contribution in [0.3, 0.4) is 0 Å². The van der Waals surface area contributed by atoms with Gasteiger partial charge in [0.15, 0.2) is 47.1 Å². The SMILES string of the molecule is CN1c2nc(Cl)ncc2OCC1c1ccccc1Cl.CNc1nc(Cl)ncc1O.CNc1nc(Cl)ncc1OCC(=O)c1ccccc1Cl.O=C(CBr)c1ccccc1Cl.O=CO[O-].[Cs+].[Cs+].[H-]. The summed E-state index contributed by atoms with van der Waals surface area (Å²) >= 11 is 38.0. The van der Waals surface area contributed by atoms with E-state index in [0.29, 0.717) is 67.1 Å². The van der Waals surface area contributed by atoms with E-state index in [9.17, 15) is 9.59 Å². The number of alkyl halides is 1. The van der Waals surface area contributed by atoms with E-state index in [-0.39, 0.29) is 192 Å². The Hall–Kier alpha value is -1.21. The number of benzene rings is 3. The van der Waals surface area contributed by atoms with Crippen LogP contribution in [0.2, 0.25) is 30.9 Å². The van der Waals surface area contributed by atoms with Gasteiger partial charge in [-0.3, -0.25) is 14.4 Å². The van der Waals surface area contributed by atoms with Crippen LogP contribution in [-0.4, -0.2) is 92.7 Å². The molecule has 1 unspecified atom stereocenters. The van der Waals surface area contributed by atoms with Crippen LogP contribution in [0.25, 0.3) is 0 Å². The molecule has 26 heteroatoms. The number of halogens is 7. The van der Waals surface area contributed by atoms with E-state index in [2.05, 4.69) is 61.4 Å². The number of ketones is 2. The predicted molar refractivity (Wildman–Crippen MR) is 249 cm³/mol. The number of hydrogen-bond acceptors (Lipinski definition) is 17.